The maximum Gasteiger partial charge on any atom is 0.333 e. The molecular weight excluding hydrogens is 796 g/mol. The lowest BCUT2D eigenvalue weighted by Crippen LogP contribution is -2.60. The second-order valence-corrected chi connectivity index (χ2v) is 22.4. The highest BCUT2D eigenvalue weighted by molar-refractivity contribution is 7.25. The molecule has 0 fully saturated rings. The van der Waals surface area contributed by atoms with Crippen LogP contribution in [0.15, 0.2) is 144 Å². The first-order valence-corrected chi connectivity index (χ1v) is 23.7. The van der Waals surface area contributed by atoms with Gasteiger partial charge in [0.1, 0.15) is 11.2 Å². The third-order valence-electron chi connectivity index (χ3n) is 15.3. The second-order valence-electron chi connectivity index (χ2n) is 21.3. The zero-order valence-electron chi connectivity index (χ0n) is 37.6. The van der Waals surface area contributed by atoms with E-state index < -0.39 is 0 Å². The summed E-state index contributed by atoms with van der Waals surface area (Å²) in [5, 5.41) is 7.53. The normalized spacial score (nSPS) is 14.9. The molecule has 3 aliphatic rings. The van der Waals surface area contributed by atoms with Crippen LogP contribution in [0, 0.1) is 0 Å². The summed E-state index contributed by atoms with van der Waals surface area (Å²) in [5.41, 5.74) is 21.4. The highest BCUT2D eigenvalue weighted by Crippen LogP contribution is 2.55. The molecule has 0 atom stereocenters. The summed E-state index contributed by atoms with van der Waals surface area (Å²) >= 11 is 1.90. The number of aromatic nitrogens is 1. The Balaban J connectivity index is 1.14. The van der Waals surface area contributed by atoms with Crippen LogP contribution in [0.25, 0.3) is 91.9 Å². The monoisotopic (exact) mass is 842 g/mol. The summed E-state index contributed by atoms with van der Waals surface area (Å²) in [4.78, 5) is 2.68. The molecule has 3 nitrogen and oxygen atoms in total. The van der Waals surface area contributed by atoms with Gasteiger partial charge in [0.25, 0.3) is 0 Å². The quantitative estimate of drug-likeness (QED) is 0.154. The number of para-hydroxylation sites is 1. The van der Waals surface area contributed by atoms with Crippen molar-refractivity contribution in [1.29, 1.82) is 0 Å². The minimum absolute atomic E-state index is 0.0312. The molecule has 5 heterocycles. The third-order valence-corrected chi connectivity index (χ3v) is 16.4. The molecule has 5 heteroatoms. The molecule has 0 saturated carbocycles. The summed E-state index contributed by atoms with van der Waals surface area (Å²) in [6, 6.07) is 53.9. The van der Waals surface area contributed by atoms with Crippen LogP contribution in [0.4, 0.5) is 11.4 Å². The smallest absolute Gasteiger partial charge is 0.333 e. The highest BCUT2D eigenvalue weighted by Gasteiger charge is 2.46. The van der Waals surface area contributed by atoms with Gasteiger partial charge in [-0.2, -0.15) is 0 Å². The van der Waals surface area contributed by atoms with Gasteiger partial charge in [0, 0.05) is 69.8 Å². The van der Waals surface area contributed by atoms with E-state index in [0.29, 0.717) is 0 Å². The van der Waals surface area contributed by atoms with Crippen molar-refractivity contribution < 1.29 is 4.42 Å². The third kappa shape index (κ3) is 4.68. The Bertz CT molecular complexity index is 3900. The van der Waals surface area contributed by atoms with Gasteiger partial charge in [-0.1, -0.05) is 134 Å². The van der Waals surface area contributed by atoms with Crippen molar-refractivity contribution in [3.05, 3.63) is 162 Å². The molecule has 0 spiro atoms. The molecule has 11 aromatic rings. The lowest BCUT2D eigenvalue weighted by Gasteiger charge is -2.42. The number of fused-ring (bicyclic) bond motifs is 17. The Morgan fingerprint density at radius 1 is 0.516 bits per heavy atom. The predicted molar refractivity (Wildman–Crippen MR) is 275 cm³/mol. The maximum absolute atomic E-state index is 6.78. The first kappa shape index (κ1) is 36.9. The molecule has 0 amide bonds. The van der Waals surface area contributed by atoms with Gasteiger partial charge in [0.2, 0.25) is 0 Å². The fraction of sp³-hybridized carbons (Fsp3) is 0.186. The zero-order valence-corrected chi connectivity index (χ0v) is 38.4. The summed E-state index contributed by atoms with van der Waals surface area (Å²) in [5.74, 6) is 0. The Kier molecular flexibility index (Phi) is 6.89. The van der Waals surface area contributed by atoms with Crippen molar-refractivity contribution >= 4 is 104 Å². The van der Waals surface area contributed by atoms with Crippen LogP contribution in [0.3, 0.4) is 0 Å². The molecule has 308 valence electrons. The lowest BCUT2D eigenvalue weighted by atomic mass is 9.44. The summed E-state index contributed by atoms with van der Waals surface area (Å²) in [6.07, 6.45) is 0. The van der Waals surface area contributed by atoms with Crippen molar-refractivity contribution in [3.63, 3.8) is 0 Å². The van der Waals surface area contributed by atoms with Gasteiger partial charge >= 0.3 is 6.85 Å². The van der Waals surface area contributed by atoms with Gasteiger partial charge in [-0.25, -0.2) is 0 Å². The van der Waals surface area contributed by atoms with Gasteiger partial charge in [-0.15, -0.1) is 11.3 Å². The van der Waals surface area contributed by atoms with E-state index in [1.54, 1.807) is 0 Å². The summed E-state index contributed by atoms with van der Waals surface area (Å²) < 4.78 is 12.1. The van der Waals surface area contributed by atoms with Gasteiger partial charge in [-0.3, -0.25) is 0 Å². The van der Waals surface area contributed by atoms with Crippen LogP contribution in [-0.4, -0.2) is 11.4 Å². The zero-order chi connectivity index (χ0) is 43.3. The second kappa shape index (κ2) is 12.0. The number of hydrogen-bond acceptors (Lipinski definition) is 3. The molecule has 2 aliphatic heterocycles. The Labute approximate surface area is 377 Å². The number of anilines is 2. The number of nitrogens with zero attached hydrogens (tertiary/aromatic N) is 2. The van der Waals surface area contributed by atoms with E-state index in [1.165, 1.54) is 114 Å². The minimum Gasteiger partial charge on any atom is -0.456 e. The van der Waals surface area contributed by atoms with Gasteiger partial charge < -0.3 is 13.8 Å². The molecule has 0 radical (unpaired) electrons. The van der Waals surface area contributed by atoms with Gasteiger partial charge in [0.05, 0.1) is 11.0 Å². The van der Waals surface area contributed by atoms with E-state index in [0.717, 1.165) is 21.9 Å². The summed E-state index contributed by atoms with van der Waals surface area (Å²) in [7, 11) is 0. The first-order chi connectivity index (χ1) is 30.7. The van der Waals surface area contributed by atoms with Crippen LogP contribution >= 0.6 is 11.3 Å². The average Bonchev–Trinajstić information content (AvgIpc) is 3.99. The Hall–Kier alpha value is -6.56. The fourth-order valence-corrected chi connectivity index (χ4v) is 13.0. The molecule has 0 saturated heterocycles. The Morgan fingerprint density at radius 3 is 2.03 bits per heavy atom. The topological polar surface area (TPSA) is 21.3 Å². The lowest BCUT2D eigenvalue weighted by molar-refractivity contribution is 0.584. The molecule has 0 unspecified atom stereocenters. The molecule has 1 aliphatic carbocycles. The van der Waals surface area contributed by atoms with E-state index in [-0.39, 0.29) is 23.1 Å². The molecule has 0 N–H and O–H groups in total. The molecular formula is C59H47BN2OS. The van der Waals surface area contributed by atoms with Crippen LogP contribution in [-0.2, 0) is 16.2 Å². The average molecular weight is 843 g/mol. The Morgan fingerprint density at radius 2 is 1.23 bits per heavy atom. The van der Waals surface area contributed by atoms with Crippen LogP contribution in [0.1, 0.15) is 77.6 Å². The van der Waals surface area contributed by atoms with Crippen LogP contribution in [0.5, 0.6) is 0 Å². The molecule has 0 bridgehead atoms. The van der Waals surface area contributed by atoms with Crippen molar-refractivity contribution in [2.75, 3.05) is 4.81 Å². The maximum atomic E-state index is 6.78. The van der Waals surface area contributed by atoms with E-state index in [4.69, 9.17) is 4.42 Å². The standard InChI is InChI=1S/C59H47BN2OS/c1-57(2,3)32-17-20-34(21-18-32)62-49-27-40-35-22-19-33(58(4,5)6)25-45(35)59(7,8)46(40)26-41(49)38-23-24-39-42-30-54-44(37-14-10-12-16-53(37)64-54)29-48(42)61-50-28-43-36-13-9-11-15-51(36)63-52(43)31-47(50)60(62)55(38)56(39)61/h9-31H,1-8H3. The van der Waals surface area contributed by atoms with E-state index in [2.05, 4.69) is 204 Å². The predicted octanol–water partition coefficient (Wildman–Crippen LogP) is 15.2. The first-order valence-electron chi connectivity index (χ1n) is 22.9. The van der Waals surface area contributed by atoms with Crippen molar-refractivity contribution in [2.24, 2.45) is 0 Å². The van der Waals surface area contributed by atoms with E-state index in [9.17, 15) is 0 Å². The number of furan rings is 1. The van der Waals surface area contributed by atoms with Crippen molar-refractivity contribution in [3.8, 4) is 27.9 Å². The molecule has 64 heavy (non-hydrogen) atoms. The van der Waals surface area contributed by atoms with Crippen molar-refractivity contribution in [2.45, 2.75) is 71.6 Å². The highest BCUT2D eigenvalue weighted by atomic mass is 32.1. The largest absolute Gasteiger partial charge is 0.456 e. The minimum atomic E-state index is -0.165. The number of thiophene rings is 1. The van der Waals surface area contributed by atoms with Gasteiger partial charge in [0.15, 0.2) is 0 Å². The fourth-order valence-electron chi connectivity index (χ4n) is 11.9. The molecule has 8 aromatic carbocycles. The SMILES string of the molecule is CC(C)(C)c1ccc(N2B3c4cc5oc6ccccc6c5cc4-n4c5cc6c(cc5c5ccc(c3c54)-c3cc4c(cc32)-c2ccc(C(C)(C)C)cc2C4(C)C)sc2ccccc26)cc1. The number of benzene rings is 8. The number of rotatable bonds is 1. The summed E-state index contributed by atoms with van der Waals surface area (Å²) in [6.45, 7) is 18.6. The van der Waals surface area contributed by atoms with Crippen LogP contribution < -0.4 is 15.7 Å². The van der Waals surface area contributed by atoms with Crippen molar-refractivity contribution in [1.82, 2.24) is 4.57 Å². The molecule has 14 rings (SSSR count). The van der Waals surface area contributed by atoms with Gasteiger partial charge in [-0.05, 0) is 121 Å². The van der Waals surface area contributed by atoms with Crippen LogP contribution in [0.2, 0.25) is 0 Å². The van der Waals surface area contributed by atoms with E-state index >= 15 is 0 Å². The van der Waals surface area contributed by atoms with E-state index in [1.807, 2.05) is 11.3 Å². The molecule has 3 aromatic heterocycles. The number of hydrogen-bond donors (Lipinski definition) is 0.